The molecule has 0 aliphatic carbocycles. The van der Waals surface area contributed by atoms with E-state index in [4.69, 9.17) is 0 Å². The van der Waals surface area contributed by atoms with Crippen LogP contribution in [-0.2, 0) is 20.0 Å². The number of amides is 2. The smallest absolute Gasteiger partial charge is 0.245 e. The number of nitrogens with zero attached hydrogens (tertiary/aromatic N) is 3. The molecule has 0 saturated carbocycles. The molecule has 1 aliphatic rings. The number of urea groups is 1. The fourth-order valence-electron chi connectivity index (χ4n) is 1.80. The Labute approximate surface area is 125 Å². The standard InChI is InChI=1S/C10H20N4O5S2/c1-4-6-20(16,17)14(21(18,19)7-5-2)13-8-9(3)11-12-10(13)15/h4-8H2,1-3H3,(H,12,15). The summed E-state index contributed by atoms with van der Waals surface area (Å²) in [7, 11) is -8.31. The summed E-state index contributed by atoms with van der Waals surface area (Å²) in [6, 6.07) is -0.889. The maximum absolute atomic E-state index is 12.3. The van der Waals surface area contributed by atoms with Gasteiger partial charge in [-0.1, -0.05) is 13.8 Å². The lowest BCUT2D eigenvalue weighted by Gasteiger charge is -2.33. The van der Waals surface area contributed by atoms with E-state index in [1.165, 1.54) is 0 Å². The van der Waals surface area contributed by atoms with E-state index < -0.39 is 26.1 Å². The van der Waals surface area contributed by atoms with Gasteiger partial charge in [-0.3, -0.25) is 0 Å². The van der Waals surface area contributed by atoms with Crippen molar-refractivity contribution >= 4 is 31.8 Å². The van der Waals surface area contributed by atoms with Crippen LogP contribution < -0.4 is 5.43 Å². The molecule has 0 aromatic heterocycles. The first-order valence-electron chi connectivity index (χ1n) is 6.52. The summed E-state index contributed by atoms with van der Waals surface area (Å²) >= 11 is 0. The van der Waals surface area contributed by atoms with Crippen molar-refractivity contribution in [3.63, 3.8) is 0 Å². The van der Waals surface area contributed by atoms with Crippen molar-refractivity contribution in [2.45, 2.75) is 33.6 Å². The number of hydrogen-bond donors (Lipinski definition) is 1. The van der Waals surface area contributed by atoms with Crippen molar-refractivity contribution in [3.05, 3.63) is 0 Å². The molecule has 11 heteroatoms. The lowest BCUT2D eigenvalue weighted by atomic mass is 10.4. The van der Waals surface area contributed by atoms with Crippen LogP contribution in [0.3, 0.4) is 0 Å². The maximum atomic E-state index is 12.3. The van der Waals surface area contributed by atoms with E-state index in [0.29, 0.717) is 10.7 Å². The van der Waals surface area contributed by atoms with Gasteiger partial charge in [-0.05, 0) is 19.8 Å². The van der Waals surface area contributed by atoms with Gasteiger partial charge in [0.1, 0.15) is 0 Å². The van der Waals surface area contributed by atoms with Gasteiger partial charge >= 0.3 is 6.03 Å². The molecule has 0 unspecified atom stereocenters. The Hall–Kier alpha value is -1.20. The molecule has 0 spiro atoms. The van der Waals surface area contributed by atoms with Gasteiger partial charge in [-0.15, -0.1) is 0 Å². The van der Waals surface area contributed by atoms with Crippen LogP contribution in [0.5, 0.6) is 0 Å². The number of rotatable bonds is 7. The van der Waals surface area contributed by atoms with E-state index in [-0.39, 0.29) is 34.7 Å². The monoisotopic (exact) mass is 340 g/mol. The third-order valence-electron chi connectivity index (χ3n) is 2.55. The third kappa shape index (κ3) is 4.14. The van der Waals surface area contributed by atoms with E-state index in [2.05, 4.69) is 10.5 Å². The highest BCUT2D eigenvalue weighted by molar-refractivity contribution is 8.03. The zero-order valence-corrected chi connectivity index (χ0v) is 13.9. The second-order valence-electron chi connectivity index (χ2n) is 4.63. The molecule has 0 fully saturated rings. The van der Waals surface area contributed by atoms with Gasteiger partial charge in [0.15, 0.2) is 0 Å². The highest BCUT2D eigenvalue weighted by atomic mass is 32.3. The van der Waals surface area contributed by atoms with Crippen molar-refractivity contribution in [2.75, 3.05) is 18.1 Å². The highest BCUT2D eigenvalue weighted by Gasteiger charge is 2.41. The number of hydrazone groups is 1. The summed E-state index contributed by atoms with van der Waals surface area (Å²) in [5.74, 6) is -0.730. The third-order valence-corrected chi connectivity index (χ3v) is 7.11. The van der Waals surface area contributed by atoms with Gasteiger partial charge in [-0.2, -0.15) is 5.10 Å². The van der Waals surface area contributed by atoms with E-state index in [9.17, 15) is 21.6 Å². The summed E-state index contributed by atoms with van der Waals surface area (Å²) in [6.07, 6.45) is 0.478. The van der Waals surface area contributed by atoms with Crippen molar-refractivity contribution in [3.8, 4) is 0 Å². The first kappa shape index (κ1) is 17.9. The summed E-state index contributed by atoms with van der Waals surface area (Å²) in [5.41, 5.74) is 2.50. The minimum Gasteiger partial charge on any atom is -0.245 e. The van der Waals surface area contributed by atoms with Gasteiger partial charge in [0.2, 0.25) is 20.0 Å². The van der Waals surface area contributed by atoms with Crippen molar-refractivity contribution in [1.29, 1.82) is 0 Å². The molecule has 0 saturated heterocycles. The second-order valence-corrected chi connectivity index (χ2v) is 8.70. The predicted octanol–water partition coefficient (Wildman–Crippen LogP) is 0.0841. The lowest BCUT2D eigenvalue weighted by Crippen LogP contribution is -2.59. The fourth-order valence-corrected chi connectivity index (χ4v) is 5.84. The lowest BCUT2D eigenvalue weighted by molar-refractivity contribution is 0.152. The maximum Gasteiger partial charge on any atom is 0.354 e. The molecule has 1 heterocycles. The zero-order chi connectivity index (χ0) is 16.3. The van der Waals surface area contributed by atoms with E-state index in [1.807, 2.05) is 0 Å². The quantitative estimate of drug-likeness (QED) is 0.705. The van der Waals surface area contributed by atoms with Crippen LogP contribution in [0.1, 0.15) is 33.6 Å². The Morgan fingerprint density at radius 2 is 1.62 bits per heavy atom. The number of carbonyl (C=O) groups is 1. The SMILES string of the molecule is CCCS(=O)(=O)N(N1CC(C)=NNC1=O)S(=O)(=O)CCC. The molecular formula is C10H20N4O5S2. The predicted molar refractivity (Wildman–Crippen MR) is 78.3 cm³/mol. The van der Waals surface area contributed by atoms with Crippen LogP contribution in [0.4, 0.5) is 4.79 Å². The Balaban J connectivity index is 3.33. The molecule has 0 radical (unpaired) electrons. The minimum atomic E-state index is -4.15. The summed E-state index contributed by atoms with van der Waals surface area (Å²) in [5, 5.41) is 4.32. The molecule has 122 valence electrons. The first-order valence-corrected chi connectivity index (χ1v) is 9.74. The molecular weight excluding hydrogens is 320 g/mol. The van der Waals surface area contributed by atoms with Crippen LogP contribution in [0, 0.1) is 0 Å². The Morgan fingerprint density at radius 3 is 2.05 bits per heavy atom. The Kier molecular flexibility index (Phi) is 5.70. The van der Waals surface area contributed by atoms with Gasteiger partial charge in [0.25, 0.3) is 0 Å². The second kappa shape index (κ2) is 6.71. The number of hydrogen-bond acceptors (Lipinski definition) is 6. The van der Waals surface area contributed by atoms with Gasteiger partial charge < -0.3 is 0 Å². The summed E-state index contributed by atoms with van der Waals surface area (Å²) in [4.78, 5) is 11.8. The average molecular weight is 340 g/mol. The zero-order valence-electron chi connectivity index (χ0n) is 12.2. The van der Waals surface area contributed by atoms with Crippen molar-refractivity contribution < 1.29 is 21.6 Å². The molecule has 0 atom stereocenters. The summed E-state index contributed by atoms with van der Waals surface area (Å²) < 4.78 is 49.4. The highest BCUT2D eigenvalue weighted by Crippen LogP contribution is 2.18. The van der Waals surface area contributed by atoms with Crippen LogP contribution in [0.2, 0.25) is 0 Å². The normalized spacial score (nSPS) is 16.9. The molecule has 2 amide bonds. The van der Waals surface area contributed by atoms with Gasteiger partial charge in [0.05, 0.1) is 23.8 Å². The molecule has 0 aromatic rings. The number of carbonyl (C=O) groups excluding carboxylic acids is 1. The van der Waals surface area contributed by atoms with Crippen LogP contribution in [-0.4, -0.2) is 55.5 Å². The first-order chi connectivity index (χ1) is 9.65. The van der Waals surface area contributed by atoms with Gasteiger partial charge in [0, 0.05) is 3.82 Å². The Bertz CT molecular complexity index is 590. The molecule has 21 heavy (non-hydrogen) atoms. The number of hydrazine groups is 1. The van der Waals surface area contributed by atoms with Crippen LogP contribution in [0.15, 0.2) is 5.10 Å². The van der Waals surface area contributed by atoms with Crippen LogP contribution in [0.25, 0.3) is 0 Å². The van der Waals surface area contributed by atoms with Gasteiger partial charge in [-0.25, -0.2) is 32.1 Å². The largest absolute Gasteiger partial charge is 0.354 e. The Morgan fingerprint density at radius 1 is 1.14 bits per heavy atom. The van der Waals surface area contributed by atoms with E-state index >= 15 is 0 Å². The topological polar surface area (TPSA) is 116 Å². The minimum absolute atomic E-state index is 0.197. The number of nitrogens with one attached hydrogen (secondary N) is 1. The summed E-state index contributed by atoms with van der Waals surface area (Å²) in [6.45, 7) is 4.59. The molecule has 1 N–H and O–H groups in total. The average Bonchev–Trinajstić information content (AvgIpc) is 2.32. The molecule has 1 aliphatic heterocycles. The van der Waals surface area contributed by atoms with E-state index in [0.717, 1.165) is 0 Å². The molecule has 1 rings (SSSR count). The van der Waals surface area contributed by atoms with E-state index in [1.54, 1.807) is 20.8 Å². The fraction of sp³-hybridized carbons (Fsp3) is 0.800. The molecule has 9 nitrogen and oxygen atoms in total. The molecule has 0 aromatic carbocycles. The van der Waals surface area contributed by atoms with Crippen LogP contribution >= 0.6 is 0 Å². The van der Waals surface area contributed by atoms with Crippen molar-refractivity contribution in [1.82, 2.24) is 14.3 Å². The molecule has 0 bridgehead atoms. The van der Waals surface area contributed by atoms with Crippen molar-refractivity contribution in [2.24, 2.45) is 5.10 Å². The number of sulfonamides is 2.